The molecule has 1 heterocycles. The number of aryl methyl sites for hydroxylation is 2. The van der Waals surface area contributed by atoms with Crippen LogP contribution in [0.2, 0.25) is 0 Å². The third-order valence-corrected chi connectivity index (χ3v) is 5.76. The molecule has 7 heteroatoms. The fourth-order valence-electron chi connectivity index (χ4n) is 3.56. The van der Waals surface area contributed by atoms with E-state index < -0.39 is 15.9 Å². The van der Waals surface area contributed by atoms with Crippen LogP contribution >= 0.6 is 0 Å². The topological polar surface area (TPSA) is 83.6 Å². The Morgan fingerprint density at radius 1 is 1.14 bits per heavy atom. The lowest BCUT2D eigenvalue weighted by molar-refractivity contribution is -0.120. The van der Waals surface area contributed by atoms with Crippen LogP contribution in [0.25, 0.3) is 0 Å². The van der Waals surface area contributed by atoms with Crippen LogP contribution in [0.4, 0.5) is 5.69 Å². The third kappa shape index (κ3) is 4.59. The molecule has 1 N–H and O–H groups in total. The van der Waals surface area contributed by atoms with Gasteiger partial charge in [-0.15, -0.1) is 0 Å². The Hall–Kier alpha value is -2.67. The number of fused-ring (bicyclic) bond motifs is 1. The first-order valence-electron chi connectivity index (χ1n) is 9.10. The van der Waals surface area contributed by atoms with Crippen LogP contribution in [-0.4, -0.2) is 43.2 Å². The number of benzene rings is 2. The van der Waals surface area contributed by atoms with Crippen molar-refractivity contribution in [3.05, 3.63) is 64.7 Å². The summed E-state index contributed by atoms with van der Waals surface area (Å²) in [5.41, 5.74) is 4.05. The molecule has 0 saturated carbocycles. The summed E-state index contributed by atoms with van der Waals surface area (Å²) in [5.74, 6) is -0.794. The summed E-state index contributed by atoms with van der Waals surface area (Å²) in [6.45, 7) is 4.17. The molecule has 1 aliphatic heterocycles. The number of amides is 2. The van der Waals surface area contributed by atoms with Crippen molar-refractivity contribution < 1.29 is 18.0 Å². The number of carbonyl (C=O) groups excluding carboxylic acids is 2. The van der Waals surface area contributed by atoms with E-state index in [9.17, 15) is 18.0 Å². The minimum atomic E-state index is -3.27. The Labute approximate surface area is 165 Å². The fraction of sp³-hybridized carbons (Fsp3) is 0.333. The van der Waals surface area contributed by atoms with E-state index in [-0.39, 0.29) is 24.0 Å². The van der Waals surface area contributed by atoms with Gasteiger partial charge in [0.2, 0.25) is 5.91 Å². The standard InChI is InChI=1S/C21H24N2O4S/c1-14-10-15(2)12-17(11-14)22-20(24)19(8-9-28(3,26)27)23-13-16-6-4-5-7-18(16)21(23)25/h4-7,10-12,19H,8-9,13H2,1-3H3,(H,22,24)/t19-/m0/s1. The lowest BCUT2D eigenvalue weighted by Gasteiger charge is -2.27. The Kier molecular flexibility index (Phi) is 5.56. The van der Waals surface area contributed by atoms with Gasteiger partial charge in [0.05, 0.1) is 5.75 Å². The van der Waals surface area contributed by atoms with Crippen molar-refractivity contribution in [2.75, 3.05) is 17.3 Å². The van der Waals surface area contributed by atoms with Gasteiger partial charge < -0.3 is 10.2 Å². The molecule has 6 nitrogen and oxygen atoms in total. The van der Waals surface area contributed by atoms with Gasteiger partial charge in [0.25, 0.3) is 5.91 Å². The molecule has 0 aliphatic carbocycles. The van der Waals surface area contributed by atoms with E-state index in [4.69, 9.17) is 0 Å². The predicted molar refractivity (Wildman–Crippen MR) is 109 cm³/mol. The normalized spacial score (nSPS) is 14.7. The molecule has 1 atom stereocenters. The lowest BCUT2D eigenvalue weighted by atomic mass is 10.1. The van der Waals surface area contributed by atoms with Crippen molar-refractivity contribution >= 4 is 27.3 Å². The molecule has 0 spiro atoms. The molecule has 0 saturated heterocycles. The molecule has 2 aromatic rings. The second-order valence-electron chi connectivity index (χ2n) is 7.39. The van der Waals surface area contributed by atoms with E-state index in [1.807, 2.05) is 44.2 Å². The first-order chi connectivity index (χ1) is 13.1. The van der Waals surface area contributed by atoms with Crippen molar-refractivity contribution in [3.63, 3.8) is 0 Å². The second kappa shape index (κ2) is 7.75. The molecule has 0 unspecified atom stereocenters. The molecule has 148 valence electrons. The van der Waals surface area contributed by atoms with Gasteiger partial charge in [0.15, 0.2) is 0 Å². The highest BCUT2D eigenvalue weighted by atomic mass is 32.2. The molecular weight excluding hydrogens is 376 g/mol. The molecule has 0 fully saturated rings. The van der Waals surface area contributed by atoms with Crippen LogP contribution in [0.3, 0.4) is 0 Å². The maximum Gasteiger partial charge on any atom is 0.255 e. The number of hydrogen-bond acceptors (Lipinski definition) is 4. The average Bonchev–Trinajstić information content (AvgIpc) is 2.90. The van der Waals surface area contributed by atoms with E-state index in [0.29, 0.717) is 17.8 Å². The molecule has 0 bridgehead atoms. The van der Waals surface area contributed by atoms with E-state index in [0.717, 1.165) is 22.9 Å². The Balaban J connectivity index is 1.86. The first kappa shape index (κ1) is 20.1. The smallest absolute Gasteiger partial charge is 0.255 e. The van der Waals surface area contributed by atoms with Crippen molar-refractivity contribution in [1.29, 1.82) is 0 Å². The molecule has 0 aromatic heterocycles. The Morgan fingerprint density at radius 2 is 1.79 bits per heavy atom. The minimum Gasteiger partial charge on any atom is -0.324 e. The van der Waals surface area contributed by atoms with Crippen molar-refractivity contribution in [2.45, 2.75) is 32.9 Å². The van der Waals surface area contributed by atoms with E-state index >= 15 is 0 Å². The van der Waals surface area contributed by atoms with Crippen LogP contribution in [0.1, 0.15) is 33.5 Å². The maximum absolute atomic E-state index is 13.0. The number of anilines is 1. The average molecular weight is 401 g/mol. The maximum atomic E-state index is 13.0. The SMILES string of the molecule is Cc1cc(C)cc(NC(=O)[C@H](CCS(C)(=O)=O)N2Cc3ccccc3C2=O)c1. The Morgan fingerprint density at radius 3 is 2.39 bits per heavy atom. The summed E-state index contributed by atoms with van der Waals surface area (Å²) in [7, 11) is -3.27. The summed E-state index contributed by atoms with van der Waals surface area (Å²) in [5, 5.41) is 2.86. The first-order valence-corrected chi connectivity index (χ1v) is 11.2. The number of sulfone groups is 1. The second-order valence-corrected chi connectivity index (χ2v) is 9.65. The number of hydrogen-bond donors (Lipinski definition) is 1. The molecule has 1 aliphatic rings. The van der Waals surface area contributed by atoms with Gasteiger partial charge >= 0.3 is 0 Å². The van der Waals surface area contributed by atoms with E-state index in [2.05, 4.69) is 5.32 Å². The van der Waals surface area contributed by atoms with Crippen molar-refractivity contribution in [2.24, 2.45) is 0 Å². The summed E-state index contributed by atoms with van der Waals surface area (Å²) in [6, 6.07) is 12.0. The molecule has 28 heavy (non-hydrogen) atoms. The van der Waals surface area contributed by atoms with Gasteiger partial charge in [0.1, 0.15) is 15.9 Å². The van der Waals surface area contributed by atoms with E-state index in [1.54, 1.807) is 12.1 Å². The van der Waals surface area contributed by atoms with Gasteiger partial charge in [-0.3, -0.25) is 9.59 Å². The summed E-state index contributed by atoms with van der Waals surface area (Å²) >= 11 is 0. The molecule has 2 amide bonds. The van der Waals surface area contributed by atoms with Gasteiger partial charge in [0, 0.05) is 24.1 Å². The van der Waals surface area contributed by atoms with Crippen LogP contribution in [0, 0.1) is 13.8 Å². The zero-order chi connectivity index (χ0) is 20.5. The summed E-state index contributed by atoms with van der Waals surface area (Å²) < 4.78 is 23.4. The molecule has 0 radical (unpaired) electrons. The lowest BCUT2D eigenvalue weighted by Crippen LogP contribution is -2.45. The fourth-order valence-corrected chi connectivity index (χ4v) is 4.21. The Bertz CT molecular complexity index is 1010. The number of rotatable bonds is 6. The van der Waals surface area contributed by atoms with Crippen molar-refractivity contribution in [3.8, 4) is 0 Å². The number of nitrogens with one attached hydrogen (secondary N) is 1. The summed E-state index contributed by atoms with van der Waals surface area (Å²) in [6.07, 6.45) is 1.18. The van der Waals surface area contributed by atoms with Crippen LogP contribution in [0.5, 0.6) is 0 Å². The number of nitrogens with zero attached hydrogens (tertiary/aromatic N) is 1. The zero-order valence-corrected chi connectivity index (χ0v) is 17.0. The molecular formula is C21H24N2O4S. The van der Waals surface area contributed by atoms with Crippen molar-refractivity contribution in [1.82, 2.24) is 4.90 Å². The van der Waals surface area contributed by atoms with Gasteiger partial charge in [-0.1, -0.05) is 24.3 Å². The van der Waals surface area contributed by atoms with Gasteiger partial charge in [-0.2, -0.15) is 0 Å². The molecule has 2 aromatic carbocycles. The number of carbonyl (C=O) groups is 2. The van der Waals surface area contributed by atoms with Crippen LogP contribution in [-0.2, 0) is 21.2 Å². The largest absolute Gasteiger partial charge is 0.324 e. The summed E-state index contributed by atoms with van der Waals surface area (Å²) in [4.78, 5) is 27.3. The highest BCUT2D eigenvalue weighted by Gasteiger charge is 2.36. The zero-order valence-electron chi connectivity index (χ0n) is 16.2. The monoisotopic (exact) mass is 400 g/mol. The highest BCUT2D eigenvalue weighted by molar-refractivity contribution is 7.90. The predicted octanol–water partition coefficient (Wildman–Crippen LogP) is 2.70. The molecule has 3 rings (SSSR count). The highest BCUT2D eigenvalue weighted by Crippen LogP contribution is 2.26. The van der Waals surface area contributed by atoms with Crippen LogP contribution in [0.15, 0.2) is 42.5 Å². The third-order valence-electron chi connectivity index (χ3n) is 4.78. The minimum absolute atomic E-state index is 0.0508. The quantitative estimate of drug-likeness (QED) is 0.808. The van der Waals surface area contributed by atoms with Gasteiger partial charge in [-0.05, 0) is 55.2 Å². The van der Waals surface area contributed by atoms with Crippen LogP contribution < -0.4 is 5.32 Å². The van der Waals surface area contributed by atoms with E-state index in [1.165, 1.54) is 4.90 Å². The van der Waals surface area contributed by atoms with Gasteiger partial charge in [-0.25, -0.2) is 8.42 Å².